The van der Waals surface area contributed by atoms with Gasteiger partial charge in [-0.3, -0.25) is 0 Å². The van der Waals surface area contributed by atoms with Crippen molar-refractivity contribution in [3.63, 3.8) is 0 Å². The van der Waals surface area contributed by atoms with Crippen LogP contribution < -0.4 is 0 Å². The lowest BCUT2D eigenvalue weighted by atomic mass is 10.1. The highest BCUT2D eigenvalue weighted by molar-refractivity contribution is 7.80. The van der Waals surface area contributed by atoms with E-state index in [0.717, 1.165) is 23.8 Å². The van der Waals surface area contributed by atoms with E-state index in [1.807, 2.05) is 0 Å². The molecular formula is C12H22N2S2. The summed E-state index contributed by atoms with van der Waals surface area (Å²) in [5.74, 6) is 1.69. The van der Waals surface area contributed by atoms with Crippen LogP contribution in [0, 0.1) is 12.8 Å². The van der Waals surface area contributed by atoms with E-state index in [4.69, 9.17) is 0 Å². The van der Waals surface area contributed by atoms with E-state index in [0.29, 0.717) is 5.92 Å². The van der Waals surface area contributed by atoms with Crippen molar-refractivity contribution in [1.29, 1.82) is 0 Å². The van der Waals surface area contributed by atoms with Gasteiger partial charge < -0.3 is 4.90 Å². The number of thiazole rings is 1. The summed E-state index contributed by atoms with van der Waals surface area (Å²) in [4.78, 5) is 6.84. The van der Waals surface area contributed by atoms with Gasteiger partial charge in [-0.25, -0.2) is 4.98 Å². The number of hydrogen-bond donors (Lipinski definition) is 1. The van der Waals surface area contributed by atoms with Crippen molar-refractivity contribution in [3.8, 4) is 0 Å². The molecule has 4 heteroatoms. The Kier molecular flexibility index (Phi) is 6.39. The molecule has 1 aromatic rings. The molecule has 1 atom stereocenters. The second-order valence-corrected chi connectivity index (χ2v) is 5.82. The summed E-state index contributed by atoms with van der Waals surface area (Å²) in [5.41, 5.74) is 1.19. The highest BCUT2D eigenvalue weighted by Crippen LogP contribution is 2.13. The van der Waals surface area contributed by atoms with Gasteiger partial charge in [0.05, 0.1) is 10.7 Å². The SMILES string of the molecule is CCCC(CS)CN(C)Cc1csc(C)n1. The predicted molar refractivity (Wildman–Crippen MR) is 75.4 cm³/mol. The summed E-state index contributed by atoms with van der Waals surface area (Å²) >= 11 is 6.14. The Bertz CT molecular complexity index is 299. The topological polar surface area (TPSA) is 16.1 Å². The standard InChI is InChI=1S/C12H22N2S2/c1-4-5-11(8-15)6-14(3)7-12-9-16-10(2)13-12/h9,11,15H,4-8H2,1-3H3. The molecule has 1 unspecified atom stereocenters. The highest BCUT2D eigenvalue weighted by atomic mass is 32.1. The summed E-state index contributed by atoms with van der Waals surface area (Å²) in [6.45, 7) is 6.37. The van der Waals surface area contributed by atoms with Crippen molar-refractivity contribution in [2.24, 2.45) is 5.92 Å². The first-order valence-electron chi connectivity index (χ1n) is 5.86. The van der Waals surface area contributed by atoms with Crippen molar-refractivity contribution in [1.82, 2.24) is 9.88 Å². The van der Waals surface area contributed by atoms with Gasteiger partial charge in [0, 0.05) is 18.5 Å². The van der Waals surface area contributed by atoms with Crippen molar-refractivity contribution >= 4 is 24.0 Å². The number of thiol groups is 1. The largest absolute Gasteiger partial charge is 0.300 e. The fourth-order valence-corrected chi connectivity index (χ4v) is 2.81. The van der Waals surface area contributed by atoms with Crippen molar-refractivity contribution in [2.45, 2.75) is 33.2 Å². The quantitative estimate of drug-likeness (QED) is 0.756. The zero-order valence-electron chi connectivity index (χ0n) is 10.4. The normalized spacial score (nSPS) is 13.3. The molecule has 1 rings (SSSR count). The minimum absolute atomic E-state index is 0.707. The van der Waals surface area contributed by atoms with E-state index < -0.39 is 0 Å². The Morgan fingerprint density at radius 1 is 1.56 bits per heavy atom. The Morgan fingerprint density at radius 3 is 2.81 bits per heavy atom. The minimum Gasteiger partial charge on any atom is -0.300 e. The van der Waals surface area contributed by atoms with E-state index in [-0.39, 0.29) is 0 Å². The van der Waals surface area contributed by atoms with Crippen LogP contribution in [0.25, 0.3) is 0 Å². The minimum atomic E-state index is 0.707. The van der Waals surface area contributed by atoms with Crippen LogP contribution in [0.2, 0.25) is 0 Å². The Morgan fingerprint density at radius 2 is 2.31 bits per heavy atom. The summed E-state index contributed by atoms with van der Waals surface area (Å²) in [6.07, 6.45) is 2.51. The van der Waals surface area contributed by atoms with Crippen molar-refractivity contribution < 1.29 is 0 Å². The fourth-order valence-electron chi connectivity index (χ4n) is 1.91. The van der Waals surface area contributed by atoms with Crippen molar-refractivity contribution in [3.05, 3.63) is 16.1 Å². The molecule has 0 aliphatic heterocycles. The van der Waals surface area contributed by atoms with Gasteiger partial charge in [-0.2, -0.15) is 12.6 Å². The van der Waals surface area contributed by atoms with Crippen LogP contribution in [0.4, 0.5) is 0 Å². The number of rotatable bonds is 7. The molecule has 0 aliphatic rings. The van der Waals surface area contributed by atoms with Gasteiger partial charge in [-0.15, -0.1) is 11.3 Å². The van der Waals surface area contributed by atoms with E-state index in [1.54, 1.807) is 11.3 Å². The maximum absolute atomic E-state index is 4.49. The highest BCUT2D eigenvalue weighted by Gasteiger charge is 2.10. The average Bonchev–Trinajstić information content (AvgIpc) is 2.63. The number of aryl methyl sites for hydroxylation is 1. The van der Waals surface area contributed by atoms with Gasteiger partial charge >= 0.3 is 0 Å². The average molecular weight is 258 g/mol. The first-order chi connectivity index (χ1) is 7.65. The molecule has 0 amide bonds. The monoisotopic (exact) mass is 258 g/mol. The van der Waals surface area contributed by atoms with Gasteiger partial charge in [0.15, 0.2) is 0 Å². The Hall–Kier alpha value is -0.0600. The molecule has 0 N–H and O–H groups in total. The molecule has 0 aliphatic carbocycles. The molecule has 0 aromatic carbocycles. The molecule has 0 bridgehead atoms. The van der Waals surface area contributed by atoms with Crippen LogP contribution in [0.1, 0.15) is 30.5 Å². The smallest absolute Gasteiger partial charge is 0.0897 e. The number of nitrogens with zero attached hydrogens (tertiary/aromatic N) is 2. The third-order valence-corrected chi connectivity index (χ3v) is 3.96. The summed E-state index contributed by atoms with van der Waals surface area (Å²) in [7, 11) is 2.17. The molecule has 1 aromatic heterocycles. The number of hydrogen-bond acceptors (Lipinski definition) is 4. The zero-order valence-corrected chi connectivity index (χ0v) is 12.2. The molecule has 0 radical (unpaired) electrons. The molecule has 2 nitrogen and oxygen atoms in total. The van der Waals surface area contributed by atoms with E-state index in [2.05, 4.69) is 48.8 Å². The lowest BCUT2D eigenvalue weighted by Crippen LogP contribution is -2.26. The molecule has 0 spiro atoms. The molecule has 0 saturated carbocycles. The molecular weight excluding hydrogens is 236 g/mol. The summed E-state index contributed by atoms with van der Waals surface area (Å²) < 4.78 is 0. The van der Waals surface area contributed by atoms with Gasteiger partial charge in [0.25, 0.3) is 0 Å². The second kappa shape index (κ2) is 7.30. The molecule has 1 heterocycles. The number of aromatic nitrogens is 1. The maximum atomic E-state index is 4.49. The molecule has 0 saturated heterocycles. The zero-order chi connectivity index (χ0) is 12.0. The third kappa shape index (κ3) is 4.85. The second-order valence-electron chi connectivity index (χ2n) is 4.39. The van der Waals surface area contributed by atoms with Gasteiger partial charge in [0.2, 0.25) is 0 Å². The van der Waals surface area contributed by atoms with Crippen LogP contribution in [0.15, 0.2) is 5.38 Å². The fraction of sp³-hybridized carbons (Fsp3) is 0.750. The van der Waals surface area contributed by atoms with E-state index in [9.17, 15) is 0 Å². The maximum Gasteiger partial charge on any atom is 0.0897 e. The third-order valence-electron chi connectivity index (χ3n) is 2.62. The summed E-state index contributed by atoms with van der Waals surface area (Å²) in [5, 5.41) is 3.31. The van der Waals surface area contributed by atoms with Crippen molar-refractivity contribution in [2.75, 3.05) is 19.3 Å². The Labute approximate surface area is 108 Å². The molecule has 0 fully saturated rings. The lowest BCUT2D eigenvalue weighted by Gasteiger charge is -2.21. The van der Waals surface area contributed by atoms with Crippen LogP contribution >= 0.6 is 24.0 Å². The predicted octanol–water partition coefficient (Wildman–Crippen LogP) is 3.23. The summed E-state index contributed by atoms with van der Waals surface area (Å²) in [6, 6.07) is 0. The van der Waals surface area contributed by atoms with E-state index >= 15 is 0 Å². The first-order valence-corrected chi connectivity index (χ1v) is 7.37. The van der Waals surface area contributed by atoms with Crippen LogP contribution in [-0.4, -0.2) is 29.2 Å². The van der Waals surface area contributed by atoms with Gasteiger partial charge in [-0.1, -0.05) is 13.3 Å². The van der Waals surface area contributed by atoms with Crippen LogP contribution in [-0.2, 0) is 6.54 Å². The van der Waals surface area contributed by atoms with E-state index in [1.165, 1.54) is 18.5 Å². The van der Waals surface area contributed by atoms with Crippen LogP contribution in [0.5, 0.6) is 0 Å². The molecule has 92 valence electrons. The Balaban J connectivity index is 2.37. The molecule has 16 heavy (non-hydrogen) atoms. The van der Waals surface area contributed by atoms with Gasteiger partial charge in [-0.05, 0) is 32.1 Å². The van der Waals surface area contributed by atoms with Crippen LogP contribution in [0.3, 0.4) is 0 Å². The first kappa shape index (κ1) is 14.0. The van der Waals surface area contributed by atoms with Gasteiger partial charge in [0.1, 0.15) is 0 Å². The lowest BCUT2D eigenvalue weighted by molar-refractivity contribution is 0.271.